The summed E-state index contributed by atoms with van der Waals surface area (Å²) in [5.41, 5.74) is 1.63. The molecule has 0 aliphatic carbocycles. The standard InChI is InChI=1S/C18H26N2O3/c1-5-13-17(21)20(16-10-8-7-9-14(16)19-13)15(6-2)18(22)23-11-12(3)4/h7-10,12-13,15,19H,5-6,11H2,1-4H3. The lowest BCUT2D eigenvalue weighted by molar-refractivity contribution is -0.147. The molecule has 1 aliphatic rings. The first-order valence-corrected chi connectivity index (χ1v) is 8.34. The first-order valence-electron chi connectivity index (χ1n) is 8.34. The van der Waals surface area contributed by atoms with Gasteiger partial charge in [0.15, 0.2) is 0 Å². The van der Waals surface area contributed by atoms with Gasteiger partial charge in [-0.2, -0.15) is 0 Å². The largest absolute Gasteiger partial charge is 0.464 e. The zero-order chi connectivity index (χ0) is 17.0. The van der Waals surface area contributed by atoms with Gasteiger partial charge in [0.1, 0.15) is 12.1 Å². The van der Waals surface area contributed by atoms with E-state index in [2.05, 4.69) is 5.32 Å². The Morgan fingerprint density at radius 1 is 1.30 bits per heavy atom. The molecule has 0 saturated carbocycles. The highest BCUT2D eigenvalue weighted by Gasteiger charge is 2.38. The summed E-state index contributed by atoms with van der Waals surface area (Å²) < 4.78 is 5.39. The predicted octanol–water partition coefficient (Wildman–Crippen LogP) is 3.20. The maximum atomic E-state index is 12.8. The highest BCUT2D eigenvalue weighted by Crippen LogP contribution is 2.34. The minimum absolute atomic E-state index is 0.0699. The maximum Gasteiger partial charge on any atom is 0.329 e. The van der Waals surface area contributed by atoms with Crippen molar-refractivity contribution in [2.75, 3.05) is 16.8 Å². The topological polar surface area (TPSA) is 58.6 Å². The highest BCUT2D eigenvalue weighted by molar-refractivity contribution is 6.08. The number of nitrogens with zero attached hydrogens (tertiary/aromatic N) is 1. The Morgan fingerprint density at radius 2 is 2.00 bits per heavy atom. The molecule has 2 atom stereocenters. The van der Waals surface area contributed by atoms with Crippen LogP contribution in [0.1, 0.15) is 40.5 Å². The van der Waals surface area contributed by atoms with E-state index in [-0.39, 0.29) is 23.8 Å². The molecule has 0 aromatic heterocycles. The van der Waals surface area contributed by atoms with Gasteiger partial charge in [-0.15, -0.1) is 0 Å². The monoisotopic (exact) mass is 318 g/mol. The molecule has 0 bridgehead atoms. The lowest BCUT2D eigenvalue weighted by Gasteiger charge is -2.38. The van der Waals surface area contributed by atoms with Crippen LogP contribution in [0.25, 0.3) is 0 Å². The molecule has 5 nitrogen and oxygen atoms in total. The lowest BCUT2D eigenvalue weighted by atomic mass is 10.0. The number of rotatable bonds is 6. The summed E-state index contributed by atoms with van der Waals surface area (Å²) in [5.74, 6) is -0.133. The average Bonchev–Trinajstić information content (AvgIpc) is 2.55. The van der Waals surface area contributed by atoms with Crippen molar-refractivity contribution >= 4 is 23.3 Å². The Hall–Kier alpha value is -2.04. The van der Waals surface area contributed by atoms with Crippen LogP contribution >= 0.6 is 0 Å². The minimum atomic E-state index is -0.585. The first kappa shape index (κ1) is 17.3. The van der Waals surface area contributed by atoms with Crippen LogP contribution in [-0.2, 0) is 14.3 Å². The summed E-state index contributed by atoms with van der Waals surface area (Å²) >= 11 is 0. The van der Waals surface area contributed by atoms with Crippen molar-refractivity contribution in [3.63, 3.8) is 0 Å². The third-order valence-electron chi connectivity index (χ3n) is 3.97. The molecule has 1 N–H and O–H groups in total. The van der Waals surface area contributed by atoms with Crippen LogP contribution in [0.3, 0.4) is 0 Å². The molecule has 1 amide bonds. The van der Waals surface area contributed by atoms with E-state index in [1.165, 1.54) is 0 Å². The molecule has 2 rings (SSSR count). The van der Waals surface area contributed by atoms with Gasteiger partial charge in [0.05, 0.1) is 18.0 Å². The smallest absolute Gasteiger partial charge is 0.329 e. The number of fused-ring (bicyclic) bond motifs is 1. The molecule has 1 aromatic carbocycles. The molecule has 2 unspecified atom stereocenters. The molecule has 5 heteroatoms. The van der Waals surface area contributed by atoms with Gasteiger partial charge in [-0.3, -0.25) is 9.69 Å². The van der Waals surface area contributed by atoms with Gasteiger partial charge in [0.25, 0.3) is 0 Å². The number of esters is 1. The average molecular weight is 318 g/mol. The van der Waals surface area contributed by atoms with Crippen molar-refractivity contribution in [1.82, 2.24) is 0 Å². The summed E-state index contributed by atoms with van der Waals surface area (Å²) in [4.78, 5) is 26.9. The number of ether oxygens (including phenoxy) is 1. The van der Waals surface area contributed by atoms with Crippen LogP contribution in [0.2, 0.25) is 0 Å². The maximum absolute atomic E-state index is 12.8. The highest BCUT2D eigenvalue weighted by atomic mass is 16.5. The Morgan fingerprint density at radius 3 is 2.61 bits per heavy atom. The molecular weight excluding hydrogens is 292 g/mol. The Bertz CT molecular complexity index is 571. The van der Waals surface area contributed by atoms with Crippen LogP contribution in [0, 0.1) is 5.92 Å². The van der Waals surface area contributed by atoms with E-state index < -0.39 is 6.04 Å². The summed E-state index contributed by atoms with van der Waals surface area (Å²) in [6.07, 6.45) is 1.19. The number of para-hydroxylation sites is 2. The molecular formula is C18H26N2O3. The zero-order valence-corrected chi connectivity index (χ0v) is 14.3. The predicted molar refractivity (Wildman–Crippen MR) is 91.5 cm³/mol. The van der Waals surface area contributed by atoms with E-state index in [1.54, 1.807) is 4.90 Å². The van der Waals surface area contributed by atoms with Crippen molar-refractivity contribution in [1.29, 1.82) is 0 Å². The van der Waals surface area contributed by atoms with Gasteiger partial charge in [0, 0.05) is 0 Å². The van der Waals surface area contributed by atoms with Crippen molar-refractivity contribution in [3.05, 3.63) is 24.3 Å². The summed E-state index contributed by atoms with van der Waals surface area (Å²) in [7, 11) is 0. The third kappa shape index (κ3) is 3.66. The number of hydrogen-bond donors (Lipinski definition) is 1. The second-order valence-corrected chi connectivity index (χ2v) is 6.28. The van der Waals surface area contributed by atoms with Crippen molar-refractivity contribution in [3.8, 4) is 0 Å². The number of anilines is 2. The number of amides is 1. The molecule has 1 aliphatic heterocycles. The SMILES string of the molecule is CCC1Nc2ccccc2N(C(CC)C(=O)OCC(C)C)C1=O. The van der Waals surface area contributed by atoms with Crippen LogP contribution < -0.4 is 10.2 Å². The molecule has 0 spiro atoms. The number of carbonyl (C=O) groups is 2. The summed E-state index contributed by atoms with van der Waals surface area (Å²) in [5, 5.41) is 3.25. The van der Waals surface area contributed by atoms with Gasteiger partial charge in [-0.05, 0) is 30.9 Å². The lowest BCUT2D eigenvalue weighted by Crippen LogP contribution is -2.54. The second kappa shape index (κ2) is 7.49. The molecule has 1 heterocycles. The third-order valence-corrected chi connectivity index (χ3v) is 3.97. The van der Waals surface area contributed by atoms with E-state index in [1.807, 2.05) is 52.0 Å². The van der Waals surface area contributed by atoms with Gasteiger partial charge in [-0.25, -0.2) is 4.79 Å². The van der Waals surface area contributed by atoms with Gasteiger partial charge < -0.3 is 10.1 Å². The Balaban J connectivity index is 2.33. The van der Waals surface area contributed by atoms with Crippen LogP contribution in [0.5, 0.6) is 0 Å². The van der Waals surface area contributed by atoms with Crippen LogP contribution in [-0.4, -0.2) is 30.6 Å². The summed E-state index contributed by atoms with van der Waals surface area (Å²) in [6.45, 7) is 8.22. The molecule has 0 saturated heterocycles. The summed E-state index contributed by atoms with van der Waals surface area (Å²) in [6, 6.07) is 6.70. The quantitative estimate of drug-likeness (QED) is 0.818. The zero-order valence-electron chi connectivity index (χ0n) is 14.3. The van der Waals surface area contributed by atoms with Crippen LogP contribution in [0.15, 0.2) is 24.3 Å². The van der Waals surface area contributed by atoms with Gasteiger partial charge in [0.2, 0.25) is 5.91 Å². The van der Waals surface area contributed by atoms with E-state index in [0.717, 1.165) is 11.4 Å². The normalized spacial score (nSPS) is 18.4. The molecule has 23 heavy (non-hydrogen) atoms. The number of hydrogen-bond acceptors (Lipinski definition) is 4. The molecule has 0 radical (unpaired) electrons. The van der Waals surface area contributed by atoms with E-state index >= 15 is 0 Å². The minimum Gasteiger partial charge on any atom is -0.464 e. The van der Waals surface area contributed by atoms with E-state index in [4.69, 9.17) is 4.74 Å². The second-order valence-electron chi connectivity index (χ2n) is 6.28. The first-order chi connectivity index (χ1) is 11.0. The van der Waals surface area contributed by atoms with Crippen molar-refractivity contribution in [2.45, 2.75) is 52.6 Å². The molecule has 0 fully saturated rings. The number of benzene rings is 1. The number of carbonyl (C=O) groups excluding carboxylic acids is 2. The van der Waals surface area contributed by atoms with Crippen LogP contribution in [0.4, 0.5) is 11.4 Å². The molecule has 126 valence electrons. The van der Waals surface area contributed by atoms with E-state index in [0.29, 0.717) is 19.4 Å². The van der Waals surface area contributed by atoms with Gasteiger partial charge >= 0.3 is 5.97 Å². The van der Waals surface area contributed by atoms with Gasteiger partial charge in [-0.1, -0.05) is 39.8 Å². The fourth-order valence-corrected chi connectivity index (χ4v) is 2.74. The Kier molecular flexibility index (Phi) is 5.64. The van der Waals surface area contributed by atoms with Crippen molar-refractivity contribution in [2.24, 2.45) is 5.92 Å². The van der Waals surface area contributed by atoms with Crippen molar-refractivity contribution < 1.29 is 14.3 Å². The fourth-order valence-electron chi connectivity index (χ4n) is 2.74. The van der Waals surface area contributed by atoms with E-state index in [9.17, 15) is 9.59 Å². The molecule has 1 aromatic rings. The fraction of sp³-hybridized carbons (Fsp3) is 0.556. The Labute approximate surface area is 138 Å². The number of nitrogens with one attached hydrogen (secondary N) is 1.